The van der Waals surface area contributed by atoms with Crippen LogP contribution in [0.2, 0.25) is 15.1 Å². The summed E-state index contributed by atoms with van der Waals surface area (Å²) in [6.45, 7) is 0. The molecule has 2 aromatic carbocycles. The van der Waals surface area contributed by atoms with Crippen LogP contribution in [0.1, 0.15) is 48.9 Å². The number of urea groups is 1. The quantitative estimate of drug-likeness (QED) is 0.380. The maximum atomic E-state index is 13.1. The van der Waals surface area contributed by atoms with E-state index in [0.717, 1.165) is 19.3 Å². The highest BCUT2D eigenvalue weighted by Gasteiger charge is 2.36. The smallest absolute Gasteiger partial charge is 0.323 e. The van der Waals surface area contributed by atoms with E-state index in [1.165, 1.54) is 18.2 Å². The van der Waals surface area contributed by atoms with Gasteiger partial charge < -0.3 is 21.1 Å². The molecule has 0 spiro atoms. The molecule has 170 valence electrons. The number of para-hydroxylation sites is 1. The molecule has 4 N–H and O–H groups in total. The Kier molecular flexibility index (Phi) is 7.87. The van der Waals surface area contributed by atoms with E-state index in [0.29, 0.717) is 17.9 Å². The minimum Gasteiger partial charge on any atom is -0.481 e. The zero-order valence-electron chi connectivity index (χ0n) is 17.0. The van der Waals surface area contributed by atoms with Crippen molar-refractivity contribution in [2.24, 2.45) is 0 Å². The van der Waals surface area contributed by atoms with E-state index in [1.54, 1.807) is 18.2 Å². The van der Waals surface area contributed by atoms with Gasteiger partial charge in [-0.15, -0.1) is 0 Å². The molecule has 0 radical (unpaired) electrons. The van der Waals surface area contributed by atoms with Crippen molar-refractivity contribution < 1.29 is 19.5 Å². The van der Waals surface area contributed by atoms with Crippen molar-refractivity contribution >= 4 is 64.1 Å². The first-order valence-electron chi connectivity index (χ1n) is 10.0. The highest BCUT2D eigenvalue weighted by Crippen LogP contribution is 2.33. The fourth-order valence-electron chi connectivity index (χ4n) is 3.87. The van der Waals surface area contributed by atoms with Gasteiger partial charge in [0.2, 0.25) is 0 Å². The van der Waals surface area contributed by atoms with Gasteiger partial charge in [0, 0.05) is 5.02 Å². The Morgan fingerprint density at radius 2 is 1.59 bits per heavy atom. The van der Waals surface area contributed by atoms with Gasteiger partial charge in [0.25, 0.3) is 5.91 Å². The normalized spacial score (nSPS) is 15.0. The molecule has 1 saturated carbocycles. The lowest BCUT2D eigenvalue weighted by Gasteiger charge is -2.37. The van der Waals surface area contributed by atoms with Crippen LogP contribution in [-0.2, 0) is 4.79 Å². The molecule has 3 amide bonds. The molecular formula is C22H22Cl3N3O4. The van der Waals surface area contributed by atoms with E-state index in [1.807, 2.05) is 0 Å². The molecule has 0 aliphatic heterocycles. The molecule has 0 unspecified atom stereocenters. The van der Waals surface area contributed by atoms with Crippen molar-refractivity contribution in [3.63, 3.8) is 0 Å². The first kappa shape index (κ1) is 24.2. The van der Waals surface area contributed by atoms with Gasteiger partial charge in [0.15, 0.2) is 0 Å². The lowest BCUT2D eigenvalue weighted by molar-refractivity contribution is -0.139. The number of amides is 3. The molecule has 10 heteroatoms. The molecule has 0 saturated heterocycles. The predicted molar refractivity (Wildman–Crippen MR) is 126 cm³/mol. The summed E-state index contributed by atoms with van der Waals surface area (Å²) >= 11 is 18.3. The molecule has 1 fully saturated rings. The number of nitrogens with one attached hydrogen (secondary N) is 3. The summed E-state index contributed by atoms with van der Waals surface area (Å²) in [5.41, 5.74) is -0.281. The molecule has 1 aliphatic carbocycles. The Hall–Kier alpha value is -2.48. The second-order valence-corrected chi connectivity index (χ2v) is 8.98. The van der Waals surface area contributed by atoms with Gasteiger partial charge in [-0.3, -0.25) is 9.59 Å². The molecule has 0 aromatic heterocycles. The molecule has 0 atom stereocenters. The number of hydrogen-bond acceptors (Lipinski definition) is 3. The number of rotatable bonds is 6. The summed E-state index contributed by atoms with van der Waals surface area (Å²) in [5, 5.41) is 18.2. The Balaban J connectivity index is 1.81. The molecule has 0 heterocycles. The number of benzene rings is 2. The van der Waals surface area contributed by atoms with Crippen LogP contribution in [0, 0.1) is 0 Å². The van der Waals surface area contributed by atoms with Gasteiger partial charge in [-0.25, -0.2) is 4.79 Å². The van der Waals surface area contributed by atoms with Crippen molar-refractivity contribution in [1.29, 1.82) is 0 Å². The van der Waals surface area contributed by atoms with Gasteiger partial charge in [-0.2, -0.15) is 0 Å². The van der Waals surface area contributed by atoms with Crippen LogP contribution in [0.15, 0.2) is 36.4 Å². The highest BCUT2D eigenvalue weighted by atomic mass is 35.5. The first-order valence-corrected chi connectivity index (χ1v) is 11.2. The van der Waals surface area contributed by atoms with E-state index in [2.05, 4.69) is 16.0 Å². The van der Waals surface area contributed by atoms with Crippen LogP contribution >= 0.6 is 34.8 Å². The Morgan fingerprint density at radius 1 is 0.938 bits per heavy atom. The van der Waals surface area contributed by atoms with Crippen LogP contribution < -0.4 is 16.0 Å². The van der Waals surface area contributed by atoms with Crippen LogP contribution in [0.5, 0.6) is 0 Å². The van der Waals surface area contributed by atoms with E-state index in [9.17, 15) is 19.5 Å². The maximum Gasteiger partial charge on any atom is 0.323 e. The highest BCUT2D eigenvalue weighted by molar-refractivity contribution is 6.40. The van der Waals surface area contributed by atoms with Gasteiger partial charge in [0.05, 0.1) is 38.9 Å². The summed E-state index contributed by atoms with van der Waals surface area (Å²) in [6.07, 6.45) is 3.65. The van der Waals surface area contributed by atoms with Crippen molar-refractivity contribution in [1.82, 2.24) is 5.32 Å². The lowest BCUT2D eigenvalue weighted by atomic mass is 9.79. The van der Waals surface area contributed by atoms with Crippen molar-refractivity contribution in [2.75, 3.05) is 10.6 Å². The number of carboxylic acids is 1. The third-order valence-electron chi connectivity index (χ3n) is 5.35. The Labute approximate surface area is 200 Å². The minimum atomic E-state index is -0.974. The van der Waals surface area contributed by atoms with Gasteiger partial charge in [0.1, 0.15) is 0 Å². The maximum absolute atomic E-state index is 13.1. The molecular weight excluding hydrogens is 477 g/mol. The Morgan fingerprint density at radius 3 is 2.22 bits per heavy atom. The van der Waals surface area contributed by atoms with Crippen molar-refractivity contribution in [2.45, 2.75) is 44.1 Å². The Bertz CT molecular complexity index is 1020. The summed E-state index contributed by atoms with van der Waals surface area (Å²) in [7, 11) is 0. The van der Waals surface area contributed by atoms with Crippen LogP contribution in [0.4, 0.5) is 16.2 Å². The van der Waals surface area contributed by atoms with Gasteiger partial charge in [-0.1, -0.05) is 60.1 Å². The molecule has 32 heavy (non-hydrogen) atoms. The minimum absolute atomic E-state index is 0.158. The molecule has 1 aliphatic rings. The fraction of sp³-hybridized carbons (Fsp3) is 0.318. The molecule has 7 nitrogen and oxygen atoms in total. The number of aliphatic carboxylic acids is 1. The van der Waals surface area contributed by atoms with Crippen LogP contribution in [0.25, 0.3) is 0 Å². The second-order valence-electron chi connectivity index (χ2n) is 7.73. The van der Waals surface area contributed by atoms with Gasteiger partial charge >= 0.3 is 12.0 Å². The number of halogens is 3. The third kappa shape index (κ3) is 6.06. The van der Waals surface area contributed by atoms with E-state index < -0.39 is 23.4 Å². The SMILES string of the molecule is O=C(O)CC1(NC(=O)c2ccc(Cl)cc2NC(=O)Nc2c(Cl)cccc2Cl)CCCCC1. The predicted octanol–water partition coefficient (Wildman–Crippen LogP) is 6.20. The fourth-order valence-corrected chi connectivity index (χ4v) is 4.54. The van der Waals surface area contributed by atoms with Crippen molar-refractivity contribution in [3.05, 3.63) is 57.0 Å². The zero-order chi connectivity index (χ0) is 23.3. The summed E-state index contributed by atoms with van der Waals surface area (Å²) in [5.74, 6) is -1.46. The van der Waals surface area contributed by atoms with Crippen molar-refractivity contribution in [3.8, 4) is 0 Å². The summed E-state index contributed by atoms with van der Waals surface area (Å²) in [6, 6.07) is 8.57. The average molecular weight is 499 g/mol. The largest absolute Gasteiger partial charge is 0.481 e. The zero-order valence-corrected chi connectivity index (χ0v) is 19.3. The summed E-state index contributed by atoms with van der Waals surface area (Å²) < 4.78 is 0. The number of carbonyl (C=O) groups excluding carboxylic acids is 2. The number of carboxylic acid groups (broad SMARTS) is 1. The molecule has 3 rings (SSSR count). The van der Waals surface area contributed by atoms with E-state index in [4.69, 9.17) is 34.8 Å². The van der Waals surface area contributed by atoms with E-state index >= 15 is 0 Å². The average Bonchev–Trinajstić information content (AvgIpc) is 2.71. The number of carbonyl (C=O) groups is 3. The molecule has 2 aromatic rings. The first-order chi connectivity index (χ1) is 15.2. The van der Waals surface area contributed by atoms with Crippen LogP contribution in [-0.4, -0.2) is 28.6 Å². The number of anilines is 2. The van der Waals surface area contributed by atoms with Gasteiger partial charge in [-0.05, 0) is 43.2 Å². The van der Waals surface area contributed by atoms with Crippen LogP contribution in [0.3, 0.4) is 0 Å². The summed E-state index contributed by atoms with van der Waals surface area (Å²) in [4.78, 5) is 37.1. The third-order valence-corrected chi connectivity index (χ3v) is 6.22. The molecule has 0 bridgehead atoms. The number of hydrogen-bond donors (Lipinski definition) is 4. The lowest BCUT2D eigenvalue weighted by Crippen LogP contribution is -2.51. The second kappa shape index (κ2) is 10.4. The van der Waals surface area contributed by atoms with E-state index in [-0.39, 0.29) is 33.4 Å². The standard InChI is InChI=1S/C22H22Cl3N3O4/c23-13-7-8-14(20(31)28-22(12-18(29)30)9-2-1-3-10-22)17(11-13)26-21(32)27-19-15(24)5-4-6-16(19)25/h4-8,11H,1-3,9-10,12H2,(H,28,31)(H,29,30)(H2,26,27,32). The topological polar surface area (TPSA) is 108 Å². The monoisotopic (exact) mass is 497 g/mol.